The highest BCUT2D eigenvalue weighted by Crippen LogP contribution is 2.42. The van der Waals surface area contributed by atoms with Gasteiger partial charge in [0.05, 0.1) is 27.6 Å². The van der Waals surface area contributed by atoms with E-state index in [2.05, 4.69) is 185 Å². The van der Waals surface area contributed by atoms with Gasteiger partial charge in [-0.2, -0.15) is 0 Å². The van der Waals surface area contributed by atoms with Crippen LogP contribution in [-0.2, 0) is 0 Å². The Morgan fingerprint density at radius 3 is 1.48 bits per heavy atom. The molecule has 10 aromatic rings. The number of aromatic nitrogens is 3. The molecule has 0 aliphatic heterocycles. The molecule has 0 spiro atoms. The monoisotopic (exact) mass is 611 g/mol. The van der Waals surface area contributed by atoms with Crippen molar-refractivity contribution in [2.24, 2.45) is 0 Å². The van der Waals surface area contributed by atoms with Gasteiger partial charge in [-0.1, -0.05) is 127 Å². The molecule has 3 aromatic heterocycles. The second-order valence-corrected chi connectivity index (χ2v) is 12.4. The summed E-state index contributed by atoms with van der Waals surface area (Å²) in [5.74, 6) is 0. The van der Waals surface area contributed by atoms with Crippen LogP contribution in [0.15, 0.2) is 176 Å². The molecule has 0 atom stereocenters. The van der Waals surface area contributed by atoms with E-state index in [0.717, 1.165) is 44.2 Å². The first kappa shape index (κ1) is 26.7. The SMILES string of the molecule is c1ccc(-c2cc(-c3ccccc3)cc(-n3c4ccccc4c4ccc5c(cnc6c7ccccc7n(-c7ccccc7)c56)c43)c2)cc1. The molecular formula is C45H29N3. The van der Waals surface area contributed by atoms with Crippen molar-refractivity contribution in [1.82, 2.24) is 14.1 Å². The Bertz CT molecular complexity index is 2750. The number of hydrogen-bond acceptors (Lipinski definition) is 1. The van der Waals surface area contributed by atoms with Crippen LogP contribution >= 0.6 is 0 Å². The normalized spacial score (nSPS) is 11.8. The van der Waals surface area contributed by atoms with E-state index in [4.69, 9.17) is 4.98 Å². The topological polar surface area (TPSA) is 22.8 Å². The van der Waals surface area contributed by atoms with Crippen molar-refractivity contribution in [3.8, 4) is 33.6 Å². The van der Waals surface area contributed by atoms with Crippen LogP contribution in [0.1, 0.15) is 0 Å². The summed E-state index contributed by atoms with van der Waals surface area (Å²) in [6.07, 6.45) is 2.09. The fourth-order valence-corrected chi connectivity index (χ4v) is 7.60. The first-order chi connectivity index (χ1) is 23.8. The molecule has 0 radical (unpaired) electrons. The van der Waals surface area contributed by atoms with Gasteiger partial charge >= 0.3 is 0 Å². The molecule has 0 fully saturated rings. The van der Waals surface area contributed by atoms with Crippen molar-refractivity contribution in [1.29, 1.82) is 0 Å². The summed E-state index contributed by atoms with van der Waals surface area (Å²) in [5.41, 5.74) is 12.6. The number of nitrogens with zero attached hydrogens (tertiary/aromatic N) is 3. The number of rotatable bonds is 4. The molecule has 3 heterocycles. The number of pyridine rings is 1. The van der Waals surface area contributed by atoms with Crippen LogP contribution in [0.3, 0.4) is 0 Å². The molecule has 0 unspecified atom stereocenters. The molecule has 0 aliphatic carbocycles. The van der Waals surface area contributed by atoms with E-state index in [0.29, 0.717) is 0 Å². The van der Waals surface area contributed by atoms with Gasteiger partial charge in [0.15, 0.2) is 0 Å². The zero-order chi connectivity index (χ0) is 31.6. The number of benzene rings is 7. The van der Waals surface area contributed by atoms with Gasteiger partial charge in [0.1, 0.15) is 0 Å². The maximum atomic E-state index is 5.23. The van der Waals surface area contributed by atoms with Gasteiger partial charge in [-0.3, -0.25) is 4.98 Å². The van der Waals surface area contributed by atoms with Crippen molar-refractivity contribution in [3.05, 3.63) is 176 Å². The molecule has 0 aliphatic rings. The van der Waals surface area contributed by atoms with Crippen LogP contribution in [0.25, 0.3) is 88.1 Å². The van der Waals surface area contributed by atoms with Crippen molar-refractivity contribution in [3.63, 3.8) is 0 Å². The fourth-order valence-electron chi connectivity index (χ4n) is 7.60. The molecule has 0 bridgehead atoms. The van der Waals surface area contributed by atoms with Gasteiger partial charge in [-0.25, -0.2) is 0 Å². The largest absolute Gasteiger partial charge is 0.309 e. The first-order valence-corrected chi connectivity index (χ1v) is 16.4. The Labute approximate surface area is 277 Å². The Hall–Kier alpha value is -6.45. The molecule has 7 aromatic carbocycles. The minimum atomic E-state index is 1.02. The minimum absolute atomic E-state index is 1.02. The second-order valence-electron chi connectivity index (χ2n) is 12.4. The van der Waals surface area contributed by atoms with Gasteiger partial charge in [0, 0.05) is 44.5 Å². The van der Waals surface area contributed by atoms with Crippen LogP contribution in [0.2, 0.25) is 0 Å². The third-order valence-electron chi connectivity index (χ3n) is 9.71. The van der Waals surface area contributed by atoms with E-state index in [1.54, 1.807) is 0 Å². The fraction of sp³-hybridized carbons (Fsp3) is 0. The molecule has 3 heteroatoms. The van der Waals surface area contributed by atoms with E-state index in [9.17, 15) is 0 Å². The predicted octanol–water partition coefficient (Wildman–Crippen LogP) is 11.8. The smallest absolute Gasteiger partial charge is 0.0970 e. The molecule has 48 heavy (non-hydrogen) atoms. The second kappa shape index (κ2) is 10.5. The van der Waals surface area contributed by atoms with Gasteiger partial charge in [0.25, 0.3) is 0 Å². The van der Waals surface area contributed by atoms with Crippen molar-refractivity contribution < 1.29 is 0 Å². The van der Waals surface area contributed by atoms with Gasteiger partial charge in [-0.15, -0.1) is 0 Å². The third-order valence-corrected chi connectivity index (χ3v) is 9.71. The van der Waals surface area contributed by atoms with E-state index >= 15 is 0 Å². The summed E-state index contributed by atoms with van der Waals surface area (Å²) < 4.78 is 4.83. The van der Waals surface area contributed by atoms with Crippen molar-refractivity contribution >= 4 is 54.5 Å². The summed E-state index contributed by atoms with van der Waals surface area (Å²) >= 11 is 0. The molecule has 0 amide bonds. The van der Waals surface area contributed by atoms with Gasteiger partial charge in [-0.05, 0) is 64.7 Å². The molecule has 0 saturated carbocycles. The van der Waals surface area contributed by atoms with Crippen LogP contribution in [0, 0.1) is 0 Å². The predicted molar refractivity (Wildman–Crippen MR) is 201 cm³/mol. The summed E-state index contributed by atoms with van der Waals surface area (Å²) in [4.78, 5) is 5.23. The lowest BCUT2D eigenvalue weighted by Crippen LogP contribution is -1.98. The molecule has 0 N–H and O–H groups in total. The minimum Gasteiger partial charge on any atom is -0.309 e. The number of fused-ring (bicyclic) bond motifs is 9. The van der Waals surface area contributed by atoms with Crippen LogP contribution in [-0.4, -0.2) is 14.1 Å². The van der Waals surface area contributed by atoms with Crippen molar-refractivity contribution in [2.75, 3.05) is 0 Å². The zero-order valence-corrected chi connectivity index (χ0v) is 26.1. The molecule has 224 valence electrons. The first-order valence-electron chi connectivity index (χ1n) is 16.4. The average molecular weight is 612 g/mol. The highest BCUT2D eigenvalue weighted by atomic mass is 15.0. The molecule has 3 nitrogen and oxygen atoms in total. The quantitative estimate of drug-likeness (QED) is 0.194. The van der Waals surface area contributed by atoms with E-state index in [1.807, 2.05) is 0 Å². The highest BCUT2D eigenvalue weighted by Gasteiger charge is 2.21. The standard InChI is InChI=1S/C45H29N3/c1-4-14-30(15-5-1)32-26-33(31-16-6-2-7-17-31)28-35(27-32)48-41-22-12-10-20-36(41)37-24-25-38-40(44(37)48)29-46-43-39-21-11-13-23-42(39)47(45(38)43)34-18-8-3-9-19-34/h1-29H. The summed E-state index contributed by atoms with van der Waals surface area (Å²) in [5, 5.41) is 5.90. The van der Waals surface area contributed by atoms with Gasteiger partial charge in [0.2, 0.25) is 0 Å². The van der Waals surface area contributed by atoms with Crippen LogP contribution in [0.5, 0.6) is 0 Å². The summed E-state index contributed by atoms with van der Waals surface area (Å²) in [6.45, 7) is 0. The van der Waals surface area contributed by atoms with Crippen LogP contribution < -0.4 is 0 Å². The summed E-state index contributed by atoms with van der Waals surface area (Å²) in [7, 11) is 0. The highest BCUT2D eigenvalue weighted by molar-refractivity contribution is 6.25. The molecule has 0 saturated heterocycles. The number of para-hydroxylation sites is 3. The Morgan fingerprint density at radius 2 is 0.833 bits per heavy atom. The van der Waals surface area contributed by atoms with Crippen molar-refractivity contribution in [2.45, 2.75) is 0 Å². The maximum absolute atomic E-state index is 5.23. The van der Waals surface area contributed by atoms with E-state index < -0.39 is 0 Å². The van der Waals surface area contributed by atoms with E-state index in [-0.39, 0.29) is 0 Å². The lowest BCUT2D eigenvalue weighted by atomic mass is 9.98. The molecular weight excluding hydrogens is 583 g/mol. The van der Waals surface area contributed by atoms with Crippen LogP contribution in [0.4, 0.5) is 0 Å². The number of hydrogen-bond donors (Lipinski definition) is 0. The Kier molecular flexibility index (Phi) is 5.87. The Morgan fingerprint density at radius 1 is 0.333 bits per heavy atom. The lowest BCUT2D eigenvalue weighted by molar-refractivity contribution is 1.18. The van der Waals surface area contributed by atoms with Gasteiger partial charge < -0.3 is 9.13 Å². The molecule has 10 rings (SSSR count). The Balaban J connectivity index is 1.36. The third kappa shape index (κ3) is 3.98. The lowest BCUT2D eigenvalue weighted by Gasteiger charge is -2.15. The zero-order valence-electron chi connectivity index (χ0n) is 26.1. The van der Waals surface area contributed by atoms with E-state index in [1.165, 1.54) is 43.9 Å². The average Bonchev–Trinajstić information content (AvgIpc) is 3.69. The maximum Gasteiger partial charge on any atom is 0.0970 e. The summed E-state index contributed by atoms with van der Waals surface area (Å²) in [6, 6.07) is 61.0.